The van der Waals surface area contributed by atoms with Crippen molar-refractivity contribution in [1.29, 1.82) is 0 Å². The third-order valence-corrected chi connectivity index (χ3v) is 3.20. The maximum atomic E-state index is 12.1. The quantitative estimate of drug-likeness (QED) is 0.859. The lowest BCUT2D eigenvalue weighted by Crippen LogP contribution is -2.35. The third kappa shape index (κ3) is 2.42. The van der Waals surface area contributed by atoms with Crippen LogP contribution in [0.15, 0.2) is 42.5 Å². The van der Waals surface area contributed by atoms with Crippen molar-refractivity contribution >= 4 is 28.3 Å². The van der Waals surface area contributed by atoms with Crippen molar-refractivity contribution in [2.45, 2.75) is 6.92 Å². The van der Waals surface area contributed by atoms with E-state index in [0.29, 0.717) is 0 Å². The first kappa shape index (κ1) is 13.1. The number of carbonyl (C=O) groups excluding carboxylic acids is 1. The molecule has 4 heteroatoms. The van der Waals surface area contributed by atoms with Gasteiger partial charge < -0.3 is 10.0 Å². The Hall–Kier alpha value is -2.36. The fourth-order valence-corrected chi connectivity index (χ4v) is 2.02. The van der Waals surface area contributed by atoms with E-state index in [1.165, 1.54) is 11.8 Å². The molecule has 0 fully saturated rings. The highest BCUT2D eigenvalue weighted by Gasteiger charge is 2.25. The number of carboxylic acid groups (broad SMARTS) is 1. The van der Waals surface area contributed by atoms with Gasteiger partial charge in [-0.3, -0.25) is 9.59 Å². The molecule has 0 aliphatic rings. The number of aliphatic carboxylic acids is 1. The second-order valence-electron chi connectivity index (χ2n) is 4.46. The Balaban J connectivity index is 2.44. The number of carbonyl (C=O) groups is 2. The van der Waals surface area contributed by atoms with Crippen LogP contribution < -0.4 is 4.90 Å². The van der Waals surface area contributed by atoms with Crippen LogP contribution in [0.4, 0.5) is 5.69 Å². The molecule has 2 aromatic carbocycles. The van der Waals surface area contributed by atoms with Crippen LogP contribution in [0.25, 0.3) is 10.8 Å². The van der Waals surface area contributed by atoms with Crippen LogP contribution in [0, 0.1) is 5.92 Å². The molecule has 0 radical (unpaired) electrons. The van der Waals surface area contributed by atoms with Gasteiger partial charge in [0, 0.05) is 12.4 Å². The molecule has 0 aliphatic heterocycles. The summed E-state index contributed by atoms with van der Waals surface area (Å²) in [6.07, 6.45) is 0. The average molecular weight is 257 g/mol. The summed E-state index contributed by atoms with van der Waals surface area (Å²) < 4.78 is 0. The summed E-state index contributed by atoms with van der Waals surface area (Å²) in [4.78, 5) is 24.4. The summed E-state index contributed by atoms with van der Waals surface area (Å²) in [6, 6.07) is 13.3. The van der Waals surface area contributed by atoms with Crippen LogP contribution in [-0.4, -0.2) is 24.0 Å². The Kier molecular flexibility index (Phi) is 3.51. The molecule has 1 unspecified atom stereocenters. The molecule has 0 saturated heterocycles. The van der Waals surface area contributed by atoms with E-state index in [4.69, 9.17) is 5.11 Å². The molecular weight excluding hydrogens is 242 g/mol. The molecule has 0 spiro atoms. The summed E-state index contributed by atoms with van der Waals surface area (Å²) in [6.45, 7) is 1.40. The lowest BCUT2D eigenvalue weighted by atomic mass is 10.1. The maximum Gasteiger partial charge on any atom is 0.315 e. The van der Waals surface area contributed by atoms with Gasteiger partial charge in [0.2, 0.25) is 5.91 Å². The number of hydrogen-bond acceptors (Lipinski definition) is 2. The molecule has 98 valence electrons. The fourth-order valence-electron chi connectivity index (χ4n) is 2.02. The van der Waals surface area contributed by atoms with E-state index in [1.54, 1.807) is 7.05 Å². The predicted molar refractivity (Wildman–Crippen MR) is 74.2 cm³/mol. The van der Waals surface area contributed by atoms with Crippen molar-refractivity contribution in [1.82, 2.24) is 0 Å². The molecule has 1 amide bonds. The van der Waals surface area contributed by atoms with E-state index in [-0.39, 0.29) is 0 Å². The number of benzene rings is 2. The molecule has 0 aromatic heterocycles. The second kappa shape index (κ2) is 5.10. The topological polar surface area (TPSA) is 57.6 Å². The number of nitrogens with zero attached hydrogens (tertiary/aromatic N) is 1. The molecule has 0 bridgehead atoms. The van der Waals surface area contributed by atoms with E-state index in [0.717, 1.165) is 16.5 Å². The van der Waals surface area contributed by atoms with Crippen LogP contribution in [0.5, 0.6) is 0 Å². The van der Waals surface area contributed by atoms with E-state index in [9.17, 15) is 9.59 Å². The van der Waals surface area contributed by atoms with Gasteiger partial charge in [0.05, 0.1) is 5.69 Å². The molecule has 0 heterocycles. The zero-order valence-electron chi connectivity index (χ0n) is 10.8. The van der Waals surface area contributed by atoms with Crippen molar-refractivity contribution in [3.05, 3.63) is 42.5 Å². The lowest BCUT2D eigenvalue weighted by molar-refractivity contribution is -0.145. The lowest BCUT2D eigenvalue weighted by Gasteiger charge is -2.21. The third-order valence-electron chi connectivity index (χ3n) is 3.20. The molecule has 0 aliphatic carbocycles. The van der Waals surface area contributed by atoms with Crippen molar-refractivity contribution in [3.8, 4) is 0 Å². The summed E-state index contributed by atoms with van der Waals surface area (Å²) in [5.74, 6) is -2.59. The summed E-state index contributed by atoms with van der Waals surface area (Å²) in [7, 11) is 1.60. The van der Waals surface area contributed by atoms with Gasteiger partial charge in [0.1, 0.15) is 5.92 Å². The Morgan fingerprint density at radius 3 is 2.42 bits per heavy atom. The molecule has 1 atom stereocenters. The van der Waals surface area contributed by atoms with Gasteiger partial charge >= 0.3 is 5.97 Å². The van der Waals surface area contributed by atoms with Gasteiger partial charge in [-0.25, -0.2) is 0 Å². The van der Waals surface area contributed by atoms with Crippen LogP contribution in [0.3, 0.4) is 0 Å². The smallest absolute Gasteiger partial charge is 0.315 e. The predicted octanol–water partition coefficient (Wildman–Crippen LogP) is 2.52. The highest BCUT2D eigenvalue weighted by atomic mass is 16.4. The van der Waals surface area contributed by atoms with E-state index in [1.807, 2.05) is 42.5 Å². The average Bonchev–Trinajstić information content (AvgIpc) is 2.44. The first-order valence-corrected chi connectivity index (χ1v) is 6.00. The second-order valence-corrected chi connectivity index (χ2v) is 4.46. The molecule has 19 heavy (non-hydrogen) atoms. The molecule has 4 nitrogen and oxygen atoms in total. The Morgan fingerprint density at radius 2 is 1.74 bits per heavy atom. The standard InChI is InChI=1S/C15H15NO3/c1-10(15(18)19)14(17)16(2)13-9-5-7-11-6-3-4-8-12(11)13/h3-10H,1-2H3,(H,18,19). The number of carboxylic acids is 1. The van der Waals surface area contributed by atoms with Crippen LogP contribution in [-0.2, 0) is 9.59 Å². The first-order chi connectivity index (χ1) is 9.02. The summed E-state index contributed by atoms with van der Waals surface area (Å²) >= 11 is 0. The highest BCUT2D eigenvalue weighted by Crippen LogP contribution is 2.26. The molecule has 1 N–H and O–H groups in total. The number of fused-ring (bicyclic) bond motifs is 1. The highest BCUT2D eigenvalue weighted by molar-refractivity contribution is 6.09. The largest absolute Gasteiger partial charge is 0.481 e. The minimum atomic E-state index is -1.11. The normalized spacial score (nSPS) is 12.1. The maximum absolute atomic E-state index is 12.1. The summed E-state index contributed by atoms with van der Waals surface area (Å²) in [5.41, 5.74) is 0.719. The number of rotatable bonds is 3. The minimum absolute atomic E-state index is 0.427. The zero-order chi connectivity index (χ0) is 14.0. The Morgan fingerprint density at radius 1 is 1.11 bits per heavy atom. The van der Waals surface area contributed by atoms with Gasteiger partial charge in [0.15, 0.2) is 0 Å². The first-order valence-electron chi connectivity index (χ1n) is 6.00. The molecule has 2 rings (SSSR count). The Labute approximate surface area is 111 Å². The van der Waals surface area contributed by atoms with Gasteiger partial charge in [-0.2, -0.15) is 0 Å². The zero-order valence-corrected chi connectivity index (χ0v) is 10.8. The van der Waals surface area contributed by atoms with Crippen molar-refractivity contribution in [2.24, 2.45) is 5.92 Å². The number of hydrogen-bond donors (Lipinski definition) is 1. The van der Waals surface area contributed by atoms with E-state index in [2.05, 4.69) is 0 Å². The van der Waals surface area contributed by atoms with Crippen LogP contribution >= 0.6 is 0 Å². The number of amides is 1. The van der Waals surface area contributed by atoms with Gasteiger partial charge in [-0.1, -0.05) is 36.4 Å². The van der Waals surface area contributed by atoms with Crippen molar-refractivity contribution in [2.75, 3.05) is 11.9 Å². The molecule has 2 aromatic rings. The SMILES string of the molecule is CC(C(=O)O)C(=O)N(C)c1cccc2ccccc12. The van der Waals surface area contributed by atoms with Gasteiger partial charge in [0.25, 0.3) is 0 Å². The van der Waals surface area contributed by atoms with Gasteiger partial charge in [-0.05, 0) is 18.4 Å². The van der Waals surface area contributed by atoms with Gasteiger partial charge in [-0.15, -0.1) is 0 Å². The monoisotopic (exact) mass is 257 g/mol. The van der Waals surface area contributed by atoms with Crippen LogP contribution in [0.2, 0.25) is 0 Å². The minimum Gasteiger partial charge on any atom is -0.481 e. The molecule has 0 saturated carbocycles. The van der Waals surface area contributed by atoms with Crippen molar-refractivity contribution in [3.63, 3.8) is 0 Å². The Bertz CT molecular complexity index is 631. The number of anilines is 1. The fraction of sp³-hybridized carbons (Fsp3) is 0.200. The summed E-state index contributed by atoms with van der Waals surface area (Å²) in [5, 5.41) is 10.9. The van der Waals surface area contributed by atoms with Crippen molar-refractivity contribution < 1.29 is 14.7 Å². The van der Waals surface area contributed by atoms with E-state index < -0.39 is 17.8 Å². The van der Waals surface area contributed by atoms with E-state index >= 15 is 0 Å². The molecular formula is C15H15NO3. The van der Waals surface area contributed by atoms with Crippen LogP contribution in [0.1, 0.15) is 6.92 Å².